The maximum atomic E-state index is 9.29. The molecule has 0 spiro atoms. The summed E-state index contributed by atoms with van der Waals surface area (Å²) in [5.41, 5.74) is -0.154. The van der Waals surface area contributed by atoms with Crippen molar-refractivity contribution < 1.29 is 10.2 Å². The van der Waals surface area contributed by atoms with E-state index < -0.39 is 8.07 Å². The number of aliphatic hydroxyl groups is 2. The molecule has 0 saturated carbocycles. The Morgan fingerprint density at radius 1 is 1.40 bits per heavy atom. The quantitative estimate of drug-likeness (QED) is 0.605. The summed E-state index contributed by atoms with van der Waals surface area (Å²) >= 11 is 0. The van der Waals surface area contributed by atoms with E-state index >= 15 is 0 Å². The molecule has 3 heteroatoms. The predicted molar refractivity (Wildman–Crippen MR) is 45.7 cm³/mol. The van der Waals surface area contributed by atoms with Crippen LogP contribution in [0.2, 0.25) is 19.1 Å². The Kier molecular flexibility index (Phi) is 4.16. The van der Waals surface area contributed by atoms with Crippen LogP contribution in [0.25, 0.3) is 0 Å². The van der Waals surface area contributed by atoms with E-state index in [2.05, 4.69) is 13.1 Å². The van der Waals surface area contributed by atoms with Gasteiger partial charge in [-0.1, -0.05) is 19.1 Å². The van der Waals surface area contributed by atoms with Crippen LogP contribution in [0.1, 0.15) is 13.3 Å². The van der Waals surface area contributed by atoms with Crippen LogP contribution in [0.4, 0.5) is 0 Å². The van der Waals surface area contributed by atoms with Crippen LogP contribution < -0.4 is 0 Å². The van der Waals surface area contributed by atoms with Crippen molar-refractivity contribution in [2.24, 2.45) is 0 Å². The van der Waals surface area contributed by atoms with Crippen molar-refractivity contribution in [3.63, 3.8) is 0 Å². The number of aliphatic hydroxyl groups excluding tert-OH is 2. The van der Waals surface area contributed by atoms with E-state index in [-0.39, 0.29) is 12.3 Å². The van der Waals surface area contributed by atoms with Gasteiger partial charge in [-0.3, -0.25) is 0 Å². The van der Waals surface area contributed by atoms with Gasteiger partial charge in [0.1, 0.15) is 0 Å². The second kappa shape index (κ2) is 4.11. The van der Waals surface area contributed by atoms with Gasteiger partial charge in [0.15, 0.2) is 0 Å². The van der Waals surface area contributed by atoms with Crippen molar-refractivity contribution in [1.29, 1.82) is 0 Å². The number of rotatable bonds is 4. The number of hydrogen-bond acceptors (Lipinski definition) is 2. The third-order valence-electron chi connectivity index (χ3n) is 2.11. The van der Waals surface area contributed by atoms with E-state index in [1.807, 2.05) is 6.92 Å². The van der Waals surface area contributed by atoms with Gasteiger partial charge in [0.2, 0.25) is 0 Å². The molecule has 0 heterocycles. The molecule has 0 rings (SSSR count). The third kappa shape index (κ3) is 3.34. The molecule has 10 heavy (non-hydrogen) atoms. The van der Waals surface area contributed by atoms with Crippen molar-refractivity contribution in [3.8, 4) is 0 Å². The summed E-state index contributed by atoms with van der Waals surface area (Å²) in [6.07, 6.45) is 0.837. The van der Waals surface area contributed by atoms with Crippen molar-refractivity contribution in [2.45, 2.75) is 38.2 Å². The summed E-state index contributed by atoms with van der Waals surface area (Å²) in [7, 11) is -1.41. The molecule has 0 aromatic heterocycles. The average Bonchev–Trinajstić information content (AvgIpc) is 1.84. The molecule has 0 fully saturated rings. The molecule has 2 N–H and O–H groups in total. The molecule has 1 unspecified atom stereocenters. The van der Waals surface area contributed by atoms with Crippen LogP contribution >= 0.6 is 0 Å². The lowest BCUT2D eigenvalue weighted by Crippen LogP contribution is -2.39. The Labute approximate surface area is 63.9 Å². The lowest BCUT2D eigenvalue weighted by Gasteiger charge is -2.24. The first-order valence-electron chi connectivity index (χ1n) is 3.79. The Balaban J connectivity index is 3.63. The molecule has 0 aliphatic heterocycles. The van der Waals surface area contributed by atoms with Crippen LogP contribution in [0.3, 0.4) is 0 Å². The standard InChI is InChI=1S/C7H18O2Si/c1-7(9)10(2,3)6-4-5-8/h7-9H,4-6H2,1-3H3. The highest BCUT2D eigenvalue weighted by Crippen LogP contribution is 2.15. The summed E-state index contributed by atoms with van der Waals surface area (Å²) in [6.45, 7) is 6.40. The van der Waals surface area contributed by atoms with Crippen LogP contribution in [-0.4, -0.2) is 30.6 Å². The first-order valence-corrected chi connectivity index (χ1v) is 7.08. The molecule has 0 aliphatic rings. The van der Waals surface area contributed by atoms with Gasteiger partial charge in [0, 0.05) is 12.3 Å². The average molecular weight is 162 g/mol. The van der Waals surface area contributed by atoms with Crippen molar-refractivity contribution in [1.82, 2.24) is 0 Å². The van der Waals surface area contributed by atoms with Crippen molar-refractivity contribution in [2.75, 3.05) is 6.61 Å². The fourth-order valence-electron chi connectivity index (χ4n) is 0.744. The van der Waals surface area contributed by atoms with Crippen molar-refractivity contribution in [3.05, 3.63) is 0 Å². The predicted octanol–water partition coefficient (Wildman–Crippen LogP) is 0.997. The minimum atomic E-state index is -1.41. The lowest BCUT2D eigenvalue weighted by molar-refractivity contribution is 0.259. The number of hydrogen-bond donors (Lipinski definition) is 2. The molecule has 0 amide bonds. The van der Waals surface area contributed by atoms with Gasteiger partial charge in [-0.05, 0) is 13.3 Å². The second-order valence-electron chi connectivity index (χ2n) is 3.49. The van der Waals surface area contributed by atoms with Gasteiger partial charge in [0.25, 0.3) is 0 Å². The third-order valence-corrected chi connectivity index (χ3v) is 6.01. The molecule has 0 aliphatic carbocycles. The maximum Gasteiger partial charge on any atom is 0.0809 e. The smallest absolute Gasteiger partial charge is 0.0809 e. The minimum Gasteiger partial charge on any atom is -0.397 e. The Hall–Kier alpha value is 0.137. The molecule has 0 aromatic rings. The zero-order chi connectivity index (χ0) is 8.20. The highest BCUT2D eigenvalue weighted by atomic mass is 28.3. The molecular weight excluding hydrogens is 144 g/mol. The molecule has 0 bridgehead atoms. The second-order valence-corrected chi connectivity index (χ2v) is 8.80. The van der Waals surface area contributed by atoms with E-state index in [9.17, 15) is 5.11 Å². The largest absolute Gasteiger partial charge is 0.397 e. The zero-order valence-corrected chi connectivity index (χ0v) is 8.09. The first-order chi connectivity index (χ1) is 4.50. The summed E-state index contributed by atoms with van der Waals surface area (Å²) in [5, 5.41) is 17.8. The molecule has 0 aromatic carbocycles. The Morgan fingerprint density at radius 3 is 2.20 bits per heavy atom. The topological polar surface area (TPSA) is 40.5 Å². The lowest BCUT2D eigenvalue weighted by atomic mass is 10.5. The normalized spacial score (nSPS) is 15.3. The molecule has 0 saturated heterocycles. The monoisotopic (exact) mass is 162 g/mol. The summed E-state index contributed by atoms with van der Waals surface area (Å²) in [5.74, 6) is 0. The fraction of sp³-hybridized carbons (Fsp3) is 1.00. The van der Waals surface area contributed by atoms with E-state index in [1.54, 1.807) is 0 Å². The van der Waals surface area contributed by atoms with Gasteiger partial charge in [-0.15, -0.1) is 0 Å². The van der Waals surface area contributed by atoms with E-state index in [1.165, 1.54) is 0 Å². The molecule has 62 valence electrons. The Bertz CT molecular complexity index is 91.6. The van der Waals surface area contributed by atoms with Crippen LogP contribution in [0.5, 0.6) is 0 Å². The Morgan fingerprint density at radius 2 is 1.90 bits per heavy atom. The van der Waals surface area contributed by atoms with Crippen LogP contribution in [-0.2, 0) is 0 Å². The van der Waals surface area contributed by atoms with Crippen LogP contribution in [0, 0.1) is 0 Å². The summed E-state index contributed by atoms with van der Waals surface area (Å²) < 4.78 is 0. The van der Waals surface area contributed by atoms with Gasteiger partial charge in [-0.2, -0.15) is 0 Å². The van der Waals surface area contributed by atoms with Gasteiger partial charge < -0.3 is 10.2 Å². The summed E-state index contributed by atoms with van der Waals surface area (Å²) in [4.78, 5) is 0. The highest BCUT2D eigenvalue weighted by molar-refractivity contribution is 6.78. The van der Waals surface area contributed by atoms with E-state index in [0.29, 0.717) is 0 Å². The van der Waals surface area contributed by atoms with Gasteiger partial charge >= 0.3 is 0 Å². The minimum absolute atomic E-state index is 0.154. The molecule has 0 radical (unpaired) electrons. The zero-order valence-electron chi connectivity index (χ0n) is 7.09. The molecule has 2 nitrogen and oxygen atoms in total. The highest BCUT2D eigenvalue weighted by Gasteiger charge is 2.25. The van der Waals surface area contributed by atoms with E-state index in [4.69, 9.17) is 5.11 Å². The summed E-state index contributed by atoms with van der Waals surface area (Å²) in [6, 6.07) is 1.02. The maximum absolute atomic E-state index is 9.29. The molecular formula is C7H18O2Si. The van der Waals surface area contributed by atoms with Crippen LogP contribution in [0.15, 0.2) is 0 Å². The van der Waals surface area contributed by atoms with Gasteiger partial charge in [0.05, 0.1) is 8.07 Å². The SMILES string of the molecule is CC(O)[Si](C)(C)CCCO. The molecule has 1 atom stereocenters. The van der Waals surface area contributed by atoms with E-state index in [0.717, 1.165) is 12.5 Å². The first kappa shape index (κ1) is 10.1. The van der Waals surface area contributed by atoms with Gasteiger partial charge in [-0.25, -0.2) is 0 Å². The fourth-order valence-corrected chi connectivity index (χ4v) is 2.23. The van der Waals surface area contributed by atoms with Crippen molar-refractivity contribution >= 4 is 8.07 Å².